The van der Waals surface area contributed by atoms with Crippen molar-refractivity contribution in [3.63, 3.8) is 0 Å². The molecule has 0 heterocycles. The van der Waals surface area contributed by atoms with E-state index in [1.807, 2.05) is 19.1 Å². The van der Waals surface area contributed by atoms with Gasteiger partial charge in [-0.15, -0.1) is 0 Å². The van der Waals surface area contributed by atoms with Crippen molar-refractivity contribution < 1.29 is 19.1 Å². The van der Waals surface area contributed by atoms with Gasteiger partial charge in [0.25, 0.3) is 11.8 Å². The molecular formula is C29H22BrN3O4. The Morgan fingerprint density at radius 3 is 2.24 bits per heavy atom. The van der Waals surface area contributed by atoms with E-state index >= 15 is 0 Å². The van der Waals surface area contributed by atoms with Gasteiger partial charge in [-0.05, 0) is 73.7 Å². The van der Waals surface area contributed by atoms with E-state index in [-0.39, 0.29) is 5.91 Å². The molecule has 2 amide bonds. The summed E-state index contributed by atoms with van der Waals surface area (Å²) in [5.41, 5.74) is 5.66. The van der Waals surface area contributed by atoms with Gasteiger partial charge in [-0.2, -0.15) is 5.10 Å². The Labute approximate surface area is 222 Å². The van der Waals surface area contributed by atoms with E-state index in [2.05, 4.69) is 31.8 Å². The van der Waals surface area contributed by atoms with Crippen molar-refractivity contribution >= 4 is 45.6 Å². The molecular weight excluding hydrogens is 534 g/mol. The van der Waals surface area contributed by atoms with Crippen LogP contribution in [0.25, 0.3) is 0 Å². The molecule has 0 atom stereocenters. The van der Waals surface area contributed by atoms with E-state index < -0.39 is 11.9 Å². The van der Waals surface area contributed by atoms with Crippen LogP contribution in [-0.2, 0) is 0 Å². The van der Waals surface area contributed by atoms with Crippen LogP contribution >= 0.6 is 15.9 Å². The molecule has 0 unspecified atom stereocenters. The number of carbonyl (C=O) groups is 3. The second kappa shape index (κ2) is 11.9. The smallest absolute Gasteiger partial charge is 0.343 e. The number of ether oxygens (including phenoxy) is 1. The van der Waals surface area contributed by atoms with Crippen LogP contribution in [0.15, 0.2) is 107 Å². The highest BCUT2D eigenvalue weighted by Crippen LogP contribution is 2.19. The maximum absolute atomic E-state index is 12.6. The van der Waals surface area contributed by atoms with E-state index in [0.29, 0.717) is 33.7 Å². The summed E-state index contributed by atoms with van der Waals surface area (Å²) in [5, 5.41) is 6.81. The molecule has 7 nitrogen and oxygen atoms in total. The van der Waals surface area contributed by atoms with Gasteiger partial charge in [0.05, 0.1) is 11.8 Å². The quantitative estimate of drug-likeness (QED) is 0.126. The number of nitrogens with zero attached hydrogens (tertiary/aromatic N) is 1. The maximum atomic E-state index is 12.6. The zero-order valence-corrected chi connectivity index (χ0v) is 21.4. The Morgan fingerprint density at radius 1 is 0.784 bits per heavy atom. The molecule has 0 spiro atoms. The number of halogens is 1. The fraction of sp³-hybridized carbons (Fsp3) is 0.0345. The number of benzene rings is 4. The maximum Gasteiger partial charge on any atom is 0.343 e. The third kappa shape index (κ3) is 6.99. The number of aryl methyl sites for hydroxylation is 1. The second-order valence-corrected chi connectivity index (χ2v) is 8.95. The lowest BCUT2D eigenvalue weighted by Gasteiger charge is -2.08. The summed E-state index contributed by atoms with van der Waals surface area (Å²) >= 11 is 3.33. The summed E-state index contributed by atoms with van der Waals surface area (Å²) in [4.78, 5) is 37.6. The lowest BCUT2D eigenvalue weighted by atomic mass is 10.1. The van der Waals surface area contributed by atoms with Crippen LogP contribution in [0.2, 0.25) is 0 Å². The van der Waals surface area contributed by atoms with Gasteiger partial charge in [0, 0.05) is 26.9 Å². The number of hydrogen-bond donors (Lipinski definition) is 2. The summed E-state index contributed by atoms with van der Waals surface area (Å²) in [6, 6.07) is 27.4. The largest absolute Gasteiger partial charge is 0.422 e. The number of anilines is 1. The Balaban J connectivity index is 1.40. The number of amides is 2. The van der Waals surface area contributed by atoms with Crippen molar-refractivity contribution in [1.82, 2.24) is 5.43 Å². The molecule has 4 rings (SSSR count). The van der Waals surface area contributed by atoms with Crippen molar-refractivity contribution in [2.75, 3.05) is 5.32 Å². The van der Waals surface area contributed by atoms with E-state index in [1.165, 1.54) is 6.21 Å². The van der Waals surface area contributed by atoms with E-state index in [0.717, 1.165) is 10.0 Å². The third-order valence-electron chi connectivity index (χ3n) is 5.23. The van der Waals surface area contributed by atoms with Crippen LogP contribution in [0.4, 0.5) is 5.69 Å². The first-order valence-electron chi connectivity index (χ1n) is 11.3. The predicted molar refractivity (Wildman–Crippen MR) is 146 cm³/mol. The Bertz CT molecular complexity index is 1480. The molecule has 0 aromatic heterocycles. The molecule has 184 valence electrons. The van der Waals surface area contributed by atoms with Crippen LogP contribution in [0, 0.1) is 6.92 Å². The molecule has 0 bridgehead atoms. The van der Waals surface area contributed by atoms with Crippen LogP contribution in [0.5, 0.6) is 5.75 Å². The number of hydrogen-bond acceptors (Lipinski definition) is 5. The molecule has 0 aliphatic rings. The SMILES string of the molecule is Cc1cccc(C(=O)Nc2cccc(C(=O)NN=Cc3ccccc3OC(=O)c3ccc(Br)cc3)c2)c1. The summed E-state index contributed by atoms with van der Waals surface area (Å²) in [6.45, 7) is 1.91. The fourth-order valence-electron chi connectivity index (χ4n) is 3.38. The topological polar surface area (TPSA) is 96.9 Å². The molecule has 0 fully saturated rings. The second-order valence-electron chi connectivity index (χ2n) is 8.04. The van der Waals surface area contributed by atoms with Crippen molar-refractivity contribution in [2.24, 2.45) is 5.10 Å². The van der Waals surface area contributed by atoms with Gasteiger partial charge >= 0.3 is 5.97 Å². The van der Waals surface area contributed by atoms with Gasteiger partial charge in [-0.3, -0.25) is 9.59 Å². The summed E-state index contributed by atoms with van der Waals surface area (Å²) in [7, 11) is 0. The first kappa shape index (κ1) is 25.5. The minimum absolute atomic E-state index is 0.270. The Hall–Kier alpha value is -4.56. The number of hydrazone groups is 1. The fourth-order valence-corrected chi connectivity index (χ4v) is 3.64. The van der Waals surface area contributed by atoms with Gasteiger partial charge in [0.1, 0.15) is 5.75 Å². The average molecular weight is 556 g/mol. The number of nitrogens with one attached hydrogen (secondary N) is 2. The summed E-state index contributed by atoms with van der Waals surface area (Å²) < 4.78 is 6.36. The number of esters is 1. The highest BCUT2D eigenvalue weighted by molar-refractivity contribution is 9.10. The Morgan fingerprint density at radius 2 is 1.49 bits per heavy atom. The normalized spacial score (nSPS) is 10.6. The van der Waals surface area contributed by atoms with Gasteiger partial charge in [0.2, 0.25) is 0 Å². The number of rotatable bonds is 7. The Kier molecular flexibility index (Phi) is 8.22. The zero-order chi connectivity index (χ0) is 26.2. The average Bonchev–Trinajstić information content (AvgIpc) is 2.90. The van der Waals surface area contributed by atoms with Crippen LogP contribution in [0.3, 0.4) is 0 Å². The van der Waals surface area contributed by atoms with Crippen molar-refractivity contribution in [3.8, 4) is 5.75 Å². The molecule has 37 heavy (non-hydrogen) atoms. The van der Waals surface area contributed by atoms with Gasteiger partial charge < -0.3 is 10.1 Å². The first-order chi connectivity index (χ1) is 17.9. The molecule has 0 aliphatic heterocycles. The standard InChI is InChI=1S/C29H22BrN3O4/c1-19-6-4-8-21(16-19)27(34)32-25-10-5-9-22(17-25)28(35)33-31-18-23-7-2-3-11-26(23)37-29(36)20-12-14-24(30)15-13-20/h2-18H,1H3,(H,32,34)(H,33,35). The van der Waals surface area contributed by atoms with Gasteiger partial charge in [0.15, 0.2) is 0 Å². The molecule has 0 saturated carbocycles. The van der Waals surface area contributed by atoms with Crippen molar-refractivity contribution in [2.45, 2.75) is 6.92 Å². The minimum atomic E-state index is -0.512. The number of para-hydroxylation sites is 1. The molecule has 2 N–H and O–H groups in total. The molecule has 8 heteroatoms. The molecule has 4 aromatic carbocycles. The monoisotopic (exact) mass is 555 g/mol. The van der Waals surface area contributed by atoms with Gasteiger partial charge in [-0.1, -0.05) is 51.8 Å². The van der Waals surface area contributed by atoms with Crippen LogP contribution in [0.1, 0.15) is 42.2 Å². The number of carbonyl (C=O) groups excluding carboxylic acids is 3. The van der Waals surface area contributed by atoms with E-state index in [4.69, 9.17) is 4.74 Å². The lowest BCUT2D eigenvalue weighted by Crippen LogP contribution is -2.18. The predicted octanol–water partition coefficient (Wildman–Crippen LogP) is 5.99. The van der Waals surface area contributed by atoms with E-state index in [9.17, 15) is 14.4 Å². The van der Waals surface area contributed by atoms with E-state index in [1.54, 1.807) is 84.9 Å². The van der Waals surface area contributed by atoms with Gasteiger partial charge in [-0.25, -0.2) is 10.2 Å². The first-order valence-corrected chi connectivity index (χ1v) is 12.1. The van der Waals surface area contributed by atoms with Crippen molar-refractivity contribution in [1.29, 1.82) is 0 Å². The molecule has 4 aromatic rings. The summed E-state index contributed by atoms with van der Waals surface area (Å²) in [5.74, 6) is -0.947. The van der Waals surface area contributed by atoms with Crippen molar-refractivity contribution in [3.05, 3.63) is 129 Å². The molecule has 0 saturated heterocycles. The minimum Gasteiger partial charge on any atom is -0.422 e. The lowest BCUT2D eigenvalue weighted by molar-refractivity contribution is 0.0734. The molecule has 0 radical (unpaired) electrons. The summed E-state index contributed by atoms with van der Waals surface area (Å²) in [6.07, 6.45) is 1.39. The van der Waals surface area contributed by atoms with Crippen LogP contribution < -0.4 is 15.5 Å². The zero-order valence-electron chi connectivity index (χ0n) is 19.8. The molecule has 0 aliphatic carbocycles. The third-order valence-corrected chi connectivity index (χ3v) is 5.76. The highest BCUT2D eigenvalue weighted by Gasteiger charge is 2.12. The highest BCUT2D eigenvalue weighted by atomic mass is 79.9. The van der Waals surface area contributed by atoms with Crippen LogP contribution in [-0.4, -0.2) is 24.0 Å².